The van der Waals surface area contributed by atoms with E-state index in [4.69, 9.17) is 16.3 Å². The molecule has 2 heterocycles. The van der Waals surface area contributed by atoms with Gasteiger partial charge < -0.3 is 10.1 Å². The molecule has 0 unspecified atom stereocenters. The average Bonchev–Trinajstić information content (AvgIpc) is 3.05. The van der Waals surface area contributed by atoms with Crippen molar-refractivity contribution in [3.05, 3.63) is 34.0 Å². The Morgan fingerprint density at radius 1 is 1.39 bits per heavy atom. The van der Waals surface area contributed by atoms with Crippen LogP contribution in [0, 0.1) is 0 Å². The Morgan fingerprint density at radius 3 is 2.79 bits per heavy atom. The Kier molecular flexibility index (Phi) is 5.91. The van der Waals surface area contributed by atoms with Crippen molar-refractivity contribution in [1.29, 1.82) is 0 Å². The number of fused-ring (bicyclic) bond motifs is 1. The summed E-state index contributed by atoms with van der Waals surface area (Å²) in [4.78, 5) is 16.2. The second kappa shape index (κ2) is 7.78. The highest BCUT2D eigenvalue weighted by molar-refractivity contribution is 9.10. The standard InChI is InChI=1S/C18H21BrClN3O4S/c1-18(2,3)27-17(24)22-11-7-8-23(10-11)28(25,26)14-6-4-5-12-15(14)13(19)9-21-16(12)20/h4-6,9,11H,7-8,10H2,1-3H3,(H,22,24)/t11-/m1/s1. The maximum atomic E-state index is 13.3. The van der Waals surface area contributed by atoms with Gasteiger partial charge in [0.05, 0.1) is 4.90 Å². The van der Waals surface area contributed by atoms with Crippen molar-refractivity contribution in [2.45, 2.75) is 43.7 Å². The van der Waals surface area contributed by atoms with Gasteiger partial charge in [-0.3, -0.25) is 0 Å². The summed E-state index contributed by atoms with van der Waals surface area (Å²) in [5.41, 5.74) is -0.614. The van der Waals surface area contributed by atoms with Crippen molar-refractivity contribution in [2.24, 2.45) is 0 Å². The van der Waals surface area contributed by atoms with Gasteiger partial charge in [-0.2, -0.15) is 4.31 Å². The maximum Gasteiger partial charge on any atom is 0.407 e. The molecule has 10 heteroatoms. The monoisotopic (exact) mass is 489 g/mol. The molecule has 1 aliphatic heterocycles. The molecular weight excluding hydrogens is 470 g/mol. The predicted octanol–water partition coefficient (Wildman–Crippen LogP) is 3.94. The van der Waals surface area contributed by atoms with E-state index in [2.05, 4.69) is 26.2 Å². The van der Waals surface area contributed by atoms with Crippen molar-refractivity contribution >= 4 is 54.4 Å². The zero-order valence-corrected chi connectivity index (χ0v) is 18.9. The molecule has 1 amide bonds. The van der Waals surface area contributed by atoms with Gasteiger partial charge in [-0.05, 0) is 49.2 Å². The van der Waals surface area contributed by atoms with Crippen molar-refractivity contribution < 1.29 is 17.9 Å². The molecule has 1 aliphatic rings. The van der Waals surface area contributed by atoms with Crippen LogP contribution in [0.3, 0.4) is 0 Å². The summed E-state index contributed by atoms with van der Waals surface area (Å²) in [6.45, 7) is 5.80. The van der Waals surface area contributed by atoms with E-state index in [9.17, 15) is 13.2 Å². The molecule has 0 bridgehead atoms. The molecule has 1 atom stereocenters. The number of carbonyl (C=O) groups is 1. The molecule has 1 saturated heterocycles. The fourth-order valence-corrected chi connectivity index (χ4v) is 5.69. The lowest BCUT2D eigenvalue weighted by Gasteiger charge is -2.22. The molecule has 0 aliphatic carbocycles. The van der Waals surface area contributed by atoms with Gasteiger partial charge in [-0.1, -0.05) is 23.7 Å². The highest BCUT2D eigenvalue weighted by Gasteiger charge is 2.35. The Balaban J connectivity index is 1.85. The number of nitrogens with one attached hydrogen (secondary N) is 1. The van der Waals surface area contributed by atoms with Crippen LogP contribution in [0.2, 0.25) is 5.15 Å². The lowest BCUT2D eigenvalue weighted by atomic mass is 10.2. The first kappa shape index (κ1) is 21.3. The molecule has 7 nitrogen and oxygen atoms in total. The normalized spacial score (nSPS) is 18.4. The number of benzene rings is 1. The van der Waals surface area contributed by atoms with Gasteiger partial charge in [0.2, 0.25) is 10.0 Å². The van der Waals surface area contributed by atoms with Crippen LogP contribution in [0.4, 0.5) is 4.79 Å². The number of halogens is 2. The van der Waals surface area contributed by atoms with E-state index in [0.717, 1.165) is 0 Å². The first-order chi connectivity index (χ1) is 13.0. The number of pyridine rings is 1. The molecule has 28 heavy (non-hydrogen) atoms. The molecular formula is C18H21BrClN3O4S. The van der Waals surface area contributed by atoms with Crippen molar-refractivity contribution in [3.8, 4) is 0 Å². The minimum atomic E-state index is -3.78. The van der Waals surface area contributed by atoms with E-state index in [1.807, 2.05) is 0 Å². The second-order valence-corrected chi connectivity index (χ2v) is 10.7. The van der Waals surface area contributed by atoms with Gasteiger partial charge in [-0.25, -0.2) is 18.2 Å². The van der Waals surface area contributed by atoms with Crippen LogP contribution in [-0.4, -0.2) is 48.5 Å². The summed E-state index contributed by atoms with van der Waals surface area (Å²) in [7, 11) is -3.78. The number of nitrogens with zero attached hydrogens (tertiary/aromatic N) is 2. The minimum absolute atomic E-state index is 0.152. The fourth-order valence-electron chi connectivity index (χ4n) is 3.09. The molecule has 1 aromatic carbocycles. The summed E-state index contributed by atoms with van der Waals surface area (Å²) in [6, 6.07) is 4.61. The van der Waals surface area contributed by atoms with Crippen molar-refractivity contribution in [1.82, 2.24) is 14.6 Å². The lowest BCUT2D eigenvalue weighted by Crippen LogP contribution is -2.41. The average molecular weight is 491 g/mol. The van der Waals surface area contributed by atoms with E-state index in [-0.39, 0.29) is 22.6 Å². The third-order valence-corrected chi connectivity index (χ3v) is 7.08. The van der Waals surface area contributed by atoms with E-state index in [1.165, 1.54) is 10.5 Å². The van der Waals surface area contributed by atoms with E-state index < -0.39 is 21.7 Å². The molecule has 1 aromatic heterocycles. The molecule has 2 aromatic rings. The Labute approximate surface area is 177 Å². The number of ether oxygens (including phenoxy) is 1. The van der Waals surface area contributed by atoms with E-state index in [1.54, 1.807) is 39.0 Å². The number of hydrogen-bond donors (Lipinski definition) is 1. The van der Waals surface area contributed by atoms with Gasteiger partial charge in [0.15, 0.2) is 0 Å². The number of alkyl carbamates (subject to hydrolysis) is 1. The summed E-state index contributed by atoms with van der Waals surface area (Å²) in [5.74, 6) is 0. The van der Waals surface area contributed by atoms with Crippen LogP contribution >= 0.6 is 27.5 Å². The zero-order valence-electron chi connectivity index (χ0n) is 15.7. The van der Waals surface area contributed by atoms with Crippen molar-refractivity contribution in [2.75, 3.05) is 13.1 Å². The smallest absolute Gasteiger partial charge is 0.407 e. The summed E-state index contributed by atoms with van der Waals surface area (Å²) < 4.78 is 33.7. The quantitative estimate of drug-likeness (QED) is 0.658. The minimum Gasteiger partial charge on any atom is -0.444 e. The topological polar surface area (TPSA) is 88.6 Å². The van der Waals surface area contributed by atoms with Crippen LogP contribution in [0.5, 0.6) is 0 Å². The Hall–Kier alpha value is -1.42. The van der Waals surface area contributed by atoms with Crippen LogP contribution in [-0.2, 0) is 14.8 Å². The molecule has 0 radical (unpaired) electrons. The molecule has 1 N–H and O–H groups in total. The number of rotatable bonds is 3. The number of aromatic nitrogens is 1. The largest absolute Gasteiger partial charge is 0.444 e. The Morgan fingerprint density at radius 2 is 2.11 bits per heavy atom. The van der Waals surface area contributed by atoms with E-state index >= 15 is 0 Å². The summed E-state index contributed by atoms with van der Waals surface area (Å²) in [6.07, 6.45) is 1.44. The molecule has 152 valence electrons. The number of carbonyl (C=O) groups excluding carboxylic acids is 1. The van der Waals surface area contributed by atoms with Crippen LogP contribution in [0.25, 0.3) is 10.8 Å². The predicted molar refractivity (Wildman–Crippen MR) is 111 cm³/mol. The van der Waals surface area contributed by atoms with Crippen LogP contribution in [0.15, 0.2) is 33.8 Å². The third-order valence-electron chi connectivity index (χ3n) is 4.27. The summed E-state index contributed by atoms with van der Waals surface area (Å²) in [5, 5.41) is 4.02. The molecule has 0 saturated carbocycles. The lowest BCUT2D eigenvalue weighted by molar-refractivity contribution is 0.0507. The van der Waals surface area contributed by atoms with Gasteiger partial charge in [-0.15, -0.1) is 0 Å². The first-order valence-electron chi connectivity index (χ1n) is 8.71. The highest BCUT2D eigenvalue weighted by Crippen LogP contribution is 2.35. The van der Waals surface area contributed by atoms with Crippen LogP contribution in [0.1, 0.15) is 27.2 Å². The summed E-state index contributed by atoms with van der Waals surface area (Å²) >= 11 is 9.52. The molecule has 1 fully saturated rings. The second-order valence-electron chi connectivity index (χ2n) is 7.57. The fraction of sp³-hybridized carbons (Fsp3) is 0.444. The molecule has 3 rings (SSSR count). The maximum absolute atomic E-state index is 13.3. The zero-order chi connectivity index (χ0) is 20.7. The van der Waals surface area contributed by atoms with Gasteiger partial charge >= 0.3 is 6.09 Å². The number of amides is 1. The SMILES string of the molecule is CC(C)(C)OC(=O)N[C@@H]1CCN(S(=O)(=O)c2cccc3c(Cl)ncc(Br)c23)C1. The van der Waals surface area contributed by atoms with Crippen molar-refractivity contribution in [3.63, 3.8) is 0 Å². The molecule has 0 spiro atoms. The Bertz CT molecular complexity index is 1020. The van der Waals surface area contributed by atoms with Gasteiger partial charge in [0.1, 0.15) is 10.8 Å². The van der Waals surface area contributed by atoms with Gasteiger partial charge in [0, 0.05) is 40.6 Å². The van der Waals surface area contributed by atoms with Gasteiger partial charge in [0.25, 0.3) is 0 Å². The number of hydrogen-bond acceptors (Lipinski definition) is 5. The number of sulfonamides is 1. The van der Waals surface area contributed by atoms with E-state index in [0.29, 0.717) is 28.2 Å². The third kappa shape index (κ3) is 4.42. The highest BCUT2D eigenvalue weighted by atomic mass is 79.9. The first-order valence-corrected chi connectivity index (χ1v) is 11.3. The van der Waals surface area contributed by atoms with Crippen LogP contribution < -0.4 is 5.32 Å².